The van der Waals surface area contributed by atoms with Gasteiger partial charge in [0.2, 0.25) is 0 Å². The maximum atomic E-state index is 12.0. The summed E-state index contributed by atoms with van der Waals surface area (Å²) in [6.45, 7) is 10.8. The summed E-state index contributed by atoms with van der Waals surface area (Å²) in [5, 5.41) is 5.85. The Morgan fingerprint density at radius 3 is 2.58 bits per heavy atom. The first-order chi connectivity index (χ1) is 11.5. The van der Waals surface area contributed by atoms with Crippen molar-refractivity contribution in [3.8, 4) is 0 Å². The second kappa shape index (κ2) is 11.9. The van der Waals surface area contributed by atoms with Crippen LogP contribution in [0.2, 0.25) is 0 Å². The number of benzene rings is 1. The van der Waals surface area contributed by atoms with Crippen molar-refractivity contribution < 1.29 is 14.3 Å². The van der Waals surface area contributed by atoms with Crippen LogP contribution >= 0.6 is 0 Å². The highest BCUT2D eigenvalue weighted by molar-refractivity contribution is 5.89. The second-order valence-electron chi connectivity index (χ2n) is 6.42. The molecule has 0 aliphatic rings. The molecule has 0 fully saturated rings. The van der Waals surface area contributed by atoms with Crippen LogP contribution in [0.4, 0.5) is 10.5 Å². The summed E-state index contributed by atoms with van der Waals surface area (Å²) < 4.78 is 10.8. The maximum Gasteiger partial charge on any atom is 0.319 e. The Morgan fingerprint density at radius 1 is 1.12 bits per heavy atom. The van der Waals surface area contributed by atoms with Crippen LogP contribution in [-0.2, 0) is 16.1 Å². The van der Waals surface area contributed by atoms with Gasteiger partial charge in [0.15, 0.2) is 0 Å². The lowest BCUT2D eigenvalue weighted by Crippen LogP contribution is -2.36. The molecule has 24 heavy (non-hydrogen) atoms. The molecular formula is C19H32N2O3. The minimum absolute atomic E-state index is 0.164. The molecule has 0 aromatic heterocycles. The number of ether oxygens (including phenoxy) is 2. The van der Waals surface area contributed by atoms with Gasteiger partial charge >= 0.3 is 6.03 Å². The lowest BCUT2D eigenvalue weighted by atomic mass is 10.0. The predicted molar refractivity (Wildman–Crippen MR) is 98.3 cm³/mol. The van der Waals surface area contributed by atoms with Crippen LogP contribution in [-0.4, -0.2) is 31.9 Å². The molecule has 1 aromatic rings. The van der Waals surface area contributed by atoms with Crippen LogP contribution in [0.3, 0.4) is 0 Å². The van der Waals surface area contributed by atoms with E-state index >= 15 is 0 Å². The fraction of sp³-hybridized carbons (Fsp3) is 0.632. The van der Waals surface area contributed by atoms with Gasteiger partial charge < -0.3 is 20.1 Å². The molecule has 5 nitrogen and oxygen atoms in total. The number of hydrogen-bond donors (Lipinski definition) is 2. The quantitative estimate of drug-likeness (QED) is 0.596. The van der Waals surface area contributed by atoms with Gasteiger partial charge in [-0.1, -0.05) is 26.0 Å². The van der Waals surface area contributed by atoms with E-state index in [0.29, 0.717) is 32.3 Å². The van der Waals surface area contributed by atoms with Crippen LogP contribution in [0, 0.1) is 5.92 Å². The van der Waals surface area contributed by atoms with Crippen molar-refractivity contribution in [2.45, 2.75) is 53.2 Å². The molecule has 0 aliphatic carbocycles. The third-order valence-corrected chi connectivity index (χ3v) is 3.58. The lowest BCUT2D eigenvalue weighted by Gasteiger charge is -2.16. The Bertz CT molecular complexity index is 477. The Morgan fingerprint density at radius 2 is 1.88 bits per heavy atom. The summed E-state index contributed by atoms with van der Waals surface area (Å²) in [5.74, 6) is 0.650. The summed E-state index contributed by atoms with van der Waals surface area (Å²) in [4.78, 5) is 12.0. The van der Waals surface area contributed by atoms with Crippen LogP contribution in [0.25, 0.3) is 0 Å². The molecule has 2 amide bonds. The highest BCUT2D eigenvalue weighted by Crippen LogP contribution is 2.12. The van der Waals surface area contributed by atoms with E-state index in [-0.39, 0.29) is 12.1 Å². The van der Waals surface area contributed by atoms with Gasteiger partial charge in [-0.3, -0.25) is 0 Å². The summed E-state index contributed by atoms with van der Waals surface area (Å²) in [6.07, 6.45) is 2.09. The third-order valence-electron chi connectivity index (χ3n) is 3.58. The molecule has 0 spiro atoms. The van der Waals surface area contributed by atoms with Gasteiger partial charge in [-0.15, -0.1) is 0 Å². The topological polar surface area (TPSA) is 59.6 Å². The highest BCUT2D eigenvalue weighted by Gasteiger charge is 2.08. The molecule has 1 unspecified atom stereocenters. The molecule has 0 saturated carbocycles. The molecule has 0 radical (unpaired) electrons. The Labute approximate surface area is 146 Å². The lowest BCUT2D eigenvalue weighted by molar-refractivity contribution is 0.0453. The van der Waals surface area contributed by atoms with E-state index in [4.69, 9.17) is 9.47 Å². The van der Waals surface area contributed by atoms with E-state index in [1.165, 1.54) is 0 Å². The molecule has 1 rings (SSSR count). The number of urea groups is 1. The van der Waals surface area contributed by atoms with Crippen LogP contribution in [0.1, 0.15) is 46.1 Å². The molecule has 1 atom stereocenters. The molecule has 0 aliphatic heterocycles. The second-order valence-corrected chi connectivity index (χ2v) is 6.42. The summed E-state index contributed by atoms with van der Waals surface area (Å²) in [5.41, 5.74) is 1.80. The fourth-order valence-corrected chi connectivity index (χ4v) is 2.24. The average molecular weight is 336 g/mol. The van der Waals surface area contributed by atoms with E-state index < -0.39 is 0 Å². The summed E-state index contributed by atoms with van der Waals surface area (Å²) in [6, 6.07) is 7.70. The Balaban J connectivity index is 2.36. The third kappa shape index (κ3) is 9.53. The van der Waals surface area contributed by atoms with Crippen molar-refractivity contribution in [3.05, 3.63) is 29.8 Å². The van der Waals surface area contributed by atoms with Crippen molar-refractivity contribution in [1.82, 2.24) is 5.32 Å². The first-order valence-electron chi connectivity index (χ1n) is 8.83. The minimum atomic E-state index is -0.166. The van der Waals surface area contributed by atoms with Gasteiger partial charge in [0, 0.05) is 18.3 Å². The van der Waals surface area contributed by atoms with E-state index in [2.05, 4.69) is 24.5 Å². The monoisotopic (exact) mass is 336 g/mol. The fourth-order valence-electron chi connectivity index (χ4n) is 2.24. The first-order valence-corrected chi connectivity index (χ1v) is 8.83. The SMILES string of the molecule is CCOCCOCc1cccc(NC(=O)NC(C)CCC(C)C)c1. The largest absolute Gasteiger partial charge is 0.379 e. The summed E-state index contributed by atoms with van der Waals surface area (Å²) >= 11 is 0. The van der Waals surface area contributed by atoms with Crippen molar-refractivity contribution >= 4 is 11.7 Å². The Hall–Kier alpha value is -1.59. The molecule has 136 valence electrons. The Kier molecular flexibility index (Phi) is 10.1. The number of nitrogens with one attached hydrogen (secondary N) is 2. The van der Waals surface area contributed by atoms with Crippen LogP contribution in [0.5, 0.6) is 0 Å². The molecule has 0 saturated heterocycles. The number of amides is 2. The van der Waals surface area contributed by atoms with Crippen molar-refractivity contribution in [2.75, 3.05) is 25.1 Å². The number of anilines is 1. The van der Waals surface area contributed by atoms with Gasteiger partial charge in [-0.25, -0.2) is 4.79 Å². The number of rotatable bonds is 11. The number of carbonyl (C=O) groups is 1. The molecular weight excluding hydrogens is 304 g/mol. The molecule has 0 bridgehead atoms. The van der Waals surface area contributed by atoms with Gasteiger partial charge in [0.05, 0.1) is 19.8 Å². The normalized spacial score (nSPS) is 12.2. The smallest absolute Gasteiger partial charge is 0.319 e. The highest BCUT2D eigenvalue weighted by atomic mass is 16.5. The van der Waals surface area contributed by atoms with E-state index in [1.807, 2.05) is 38.1 Å². The van der Waals surface area contributed by atoms with Gasteiger partial charge in [-0.2, -0.15) is 0 Å². The predicted octanol–water partition coefficient (Wildman–Crippen LogP) is 4.19. The van der Waals surface area contributed by atoms with Crippen LogP contribution in [0.15, 0.2) is 24.3 Å². The van der Waals surface area contributed by atoms with E-state index in [9.17, 15) is 4.79 Å². The number of hydrogen-bond acceptors (Lipinski definition) is 3. The molecule has 1 aromatic carbocycles. The van der Waals surface area contributed by atoms with E-state index in [0.717, 1.165) is 24.1 Å². The van der Waals surface area contributed by atoms with E-state index in [1.54, 1.807) is 0 Å². The van der Waals surface area contributed by atoms with Crippen molar-refractivity contribution in [2.24, 2.45) is 5.92 Å². The van der Waals surface area contributed by atoms with Crippen molar-refractivity contribution in [3.63, 3.8) is 0 Å². The van der Waals surface area contributed by atoms with Gasteiger partial charge in [0.1, 0.15) is 0 Å². The molecule has 0 heterocycles. The van der Waals surface area contributed by atoms with Crippen LogP contribution < -0.4 is 10.6 Å². The van der Waals surface area contributed by atoms with Gasteiger partial charge in [0.25, 0.3) is 0 Å². The molecule has 2 N–H and O–H groups in total. The summed E-state index contributed by atoms with van der Waals surface area (Å²) in [7, 11) is 0. The molecule has 5 heteroatoms. The zero-order chi connectivity index (χ0) is 17.8. The minimum Gasteiger partial charge on any atom is -0.379 e. The number of carbonyl (C=O) groups excluding carboxylic acids is 1. The average Bonchev–Trinajstić information content (AvgIpc) is 2.53. The zero-order valence-electron chi connectivity index (χ0n) is 15.4. The first kappa shape index (κ1) is 20.5. The maximum absolute atomic E-state index is 12.0. The zero-order valence-corrected chi connectivity index (χ0v) is 15.4. The van der Waals surface area contributed by atoms with Crippen molar-refractivity contribution in [1.29, 1.82) is 0 Å². The van der Waals surface area contributed by atoms with Gasteiger partial charge in [-0.05, 0) is 50.3 Å². The standard InChI is InChI=1S/C19H32N2O3/c1-5-23-11-12-24-14-17-7-6-8-18(13-17)21-19(22)20-16(4)10-9-15(2)3/h6-8,13,15-16H,5,9-12,14H2,1-4H3,(H2,20,21,22).